The Balaban J connectivity index is 1.50. The van der Waals surface area contributed by atoms with Gasteiger partial charge in [-0.15, -0.1) is 0 Å². The van der Waals surface area contributed by atoms with Crippen molar-refractivity contribution in [3.05, 3.63) is 23.2 Å². The van der Waals surface area contributed by atoms with Crippen molar-refractivity contribution in [1.29, 1.82) is 0 Å². The molecule has 1 saturated carbocycles. The van der Waals surface area contributed by atoms with E-state index in [0.29, 0.717) is 22.7 Å². The van der Waals surface area contributed by atoms with Crippen molar-refractivity contribution < 1.29 is 4.74 Å². The van der Waals surface area contributed by atoms with Crippen LogP contribution in [0.4, 0.5) is 11.4 Å². The molecule has 4 nitrogen and oxygen atoms in total. The van der Waals surface area contributed by atoms with Crippen LogP contribution in [-0.4, -0.2) is 42.3 Å². The fourth-order valence-electron chi connectivity index (χ4n) is 4.38. The Morgan fingerprint density at radius 3 is 2.52 bits per heavy atom. The van der Waals surface area contributed by atoms with Gasteiger partial charge in [-0.1, -0.05) is 11.6 Å². The van der Waals surface area contributed by atoms with Crippen molar-refractivity contribution in [3.8, 4) is 0 Å². The van der Waals surface area contributed by atoms with E-state index in [-0.39, 0.29) is 0 Å². The van der Waals surface area contributed by atoms with Gasteiger partial charge in [-0.05, 0) is 70.6 Å². The summed E-state index contributed by atoms with van der Waals surface area (Å²) in [5, 5.41) is 4.29. The molecule has 1 saturated heterocycles. The number of anilines is 2. The van der Waals surface area contributed by atoms with Crippen LogP contribution in [0.25, 0.3) is 0 Å². The Kier molecular flexibility index (Phi) is 6.13. The van der Waals surface area contributed by atoms with E-state index in [1.54, 1.807) is 0 Å². The highest BCUT2D eigenvalue weighted by molar-refractivity contribution is 6.31. The van der Waals surface area contributed by atoms with Crippen LogP contribution in [0.5, 0.6) is 0 Å². The zero-order valence-electron chi connectivity index (χ0n) is 15.6. The third-order valence-corrected chi connectivity index (χ3v) is 6.28. The fraction of sp³-hybridized carbons (Fsp3) is 0.700. The van der Waals surface area contributed by atoms with Crippen LogP contribution in [0.1, 0.15) is 52.4 Å². The highest BCUT2D eigenvalue weighted by Gasteiger charge is 2.38. The van der Waals surface area contributed by atoms with Gasteiger partial charge >= 0.3 is 0 Å². The number of nitrogen functional groups attached to an aromatic ring is 1. The number of hydrogen-bond acceptors (Lipinski definition) is 4. The number of ether oxygens (including phenoxy) is 1. The number of piperidine rings is 1. The highest BCUT2D eigenvalue weighted by atomic mass is 35.5. The summed E-state index contributed by atoms with van der Waals surface area (Å²) < 4.78 is 5.82. The summed E-state index contributed by atoms with van der Waals surface area (Å²) in [4.78, 5) is 2.71. The number of likely N-dealkylation sites (tertiary alicyclic amines) is 1. The largest absolute Gasteiger partial charge is 0.397 e. The van der Waals surface area contributed by atoms with Gasteiger partial charge in [-0.3, -0.25) is 4.90 Å². The standard InChI is InChI=1S/C20H32ClN3O/c1-3-25-17-6-10-20(2,11-7-17)24-12-8-16(9-13-24)23-19-5-4-15(21)14-18(19)22/h4-5,14,16-17,23H,3,6-13,22H2,1-2H3. The number of rotatable bonds is 5. The molecule has 0 aromatic heterocycles. The van der Waals surface area contributed by atoms with Gasteiger partial charge in [0.2, 0.25) is 0 Å². The molecule has 3 rings (SSSR count). The van der Waals surface area contributed by atoms with Gasteiger partial charge in [-0.25, -0.2) is 0 Å². The lowest BCUT2D eigenvalue weighted by molar-refractivity contribution is -0.0242. The third-order valence-electron chi connectivity index (χ3n) is 6.04. The maximum Gasteiger partial charge on any atom is 0.0577 e. The minimum absolute atomic E-state index is 0.345. The van der Waals surface area contributed by atoms with Crippen LogP contribution < -0.4 is 11.1 Å². The van der Waals surface area contributed by atoms with E-state index in [1.807, 2.05) is 18.2 Å². The fourth-order valence-corrected chi connectivity index (χ4v) is 4.56. The molecule has 1 aromatic carbocycles. The van der Waals surface area contributed by atoms with Gasteiger partial charge in [0.1, 0.15) is 0 Å². The average molecular weight is 366 g/mol. The van der Waals surface area contributed by atoms with Gasteiger partial charge < -0.3 is 15.8 Å². The number of benzene rings is 1. The van der Waals surface area contributed by atoms with Crippen molar-refractivity contribution in [2.75, 3.05) is 30.7 Å². The second kappa shape index (κ2) is 8.15. The van der Waals surface area contributed by atoms with Crippen molar-refractivity contribution in [2.24, 2.45) is 0 Å². The first-order chi connectivity index (χ1) is 12.0. The molecule has 140 valence electrons. The number of nitrogens with one attached hydrogen (secondary N) is 1. The monoisotopic (exact) mass is 365 g/mol. The first kappa shape index (κ1) is 18.8. The topological polar surface area (TPSA) is 50.5 Å². The normalized spacial score (nSPS) is 28.8. The summed E-state index contributed by atoms with van der Waals surface area (Å²) in [6.07, 6.45) is 7.69. The molecule has 3 N–H and O–H groups in total. The molecule has 0 radical (unpaired) electrons. The summed E-state index contributed by atoms with van der Waals surface area (Å²) in [6.45, 7) is 7.69. The Labute approximate surface area is 157 Å². The maximum absolute atomic E-state index is 6.07. The molecule has 2 fully saturated rings. The Morgan fingerprint density at radius 2 is 1.92 bits per heavy atom. The van der Waals surface area contributed by atoms with Crippen LogP contribution in [0, 0.1) is 0 Å². The van der Waals surface area contributed by atoms with Crippen LogP contribution in [0.3, 0.4) is 0 Å². The average Bonchev–Trinajstić information content (AvgIpc) is 2.60. The zero-order valence-corrected chi connectivity index (χ0v) is 16.3. The molecule has 0 spiro atoms. The predicted molar refractivity (Wildman–Crippen MR) is 106 cm³/mol. The van der Waals surface area contributed by atoms with E-state index < -0.39 is 0 Å². The quantitative estimate of drug-likeness (QED) is 0.752. The molecule has 0 bridgehead atoms. The second-order valence-electron chi connectivity index (χ2n) is 7.79. The van der Waals surface area contributed by atoms with Crippen LogP contribution in [-0.2, 0) is 4.74 Å². The number of halogens is 1. The van der Waals surface area contributed by atoms with E-state index in [4.69, 9.17) is 22.1 Å². The predicted octanol–water partition coefficient (Wildman–Crippen LogP) is 4.54. The van der Waals surface area contributed by atoms with Crippen LogP contribution >= 0.6 is 11.6 Å². The zero-order chi connectivity index (χ0) is 17.9. The Morgan fingerprint density at radius 1 is 1.24 bits per heavy atom. The molecule has 0 atom stereocenters. The summed E-state index contributed by atoms with van der Waals surface area (Å²) in [7, 11) is 0. The van der Waals surface area contributed by atoms with E-state index in [2.05, 4.69) is 24.1 Å². The lowest BCUT2D eigenvalue weighted by atomic mass is 9.79. The van der Waals surface area contributed by atoms with E-state index >= 15 is 0 Å². The van der Waals surface area contributed by atoms with Crippen molar-refractivity contribution in [1.82, 2.24) is 4.90 Å². The number of hydrogen-bond donors (Lipinski definition) is 2. The van der Waals surface area contributed by atoms with Crippen molar-refractivity contribution >= 4 is 23.0 Å². The molecular formula is C20H32ClN3O. The molecule has 5 heteroatoms. The lowest BCUT2D eigenvalue weighted by Crippen LogP contribution is -2.53. The smallest absolute Gasteiger partial charge is 0.0577 e. The molecule has 25 heavy (non-hydrogen) atoms. The minimum atomic E-state index is 0.345. The molecule has 2 aliphatic rings. The number of nitrogens with zero attached hydrogens (tertiary/aromatic N) is 1. The summed E-state index contributed by atoms with van der Waals surface area (Å²) in [5.74, 6) is 0. The van der Waals surface area contributed by atoms with E-state index in [0.717, 1.165) is 43.9 Å². The third kappa shape index (κ3) is 4.60. The highest BCUT2D eigenvalue weighted by Crippen LogP contribution is 2.36. The van der Waals surface area contributed by atoms with Gasteiger partial charge in [0.25, 0.3) is 0 Å². The summed E-state index contributed by atoms with van der Waals surface area (Å²) in [5.41, 5.74) is 8.16. The summed E-state index contributed by atoms with van der Waals surface area (Å²) >= 11 is 5.99. The van der Waals surface area contributed by atoms with Gasteiger partial charge in [-0.2, -0.15) is 0 Å². The minimum Gasteiger partial charge on any atom is -0.397 e. The molecule has 0 amide bonds. The SMILES string of the molecule is CCOC1CCC(C)(N2CCC(Nc3ccc(Cl)cc3N)CC2)CC1. The molecular weight excluding hydrogens is 334 g/mol. The van der Waals surface area contributed by atoms with E-state index in [9.17, 15) is 0 Å². The molecule has 1 aliphatic heterocycles. The van der Waals surface area contributed by atoms with Crippen molar-refractivity contribution in [3.63, 3.8) is 0 Å². The molecule has 1 aliphatic carbocycles. The second-order valence-corrected chi connectivity index (χ2v) is 8.23. The number of nitrogens with two attached hydrogens (primary N) is 1. The van der Waals surface area contributed by atoms with Crippen molar-refractivity contribution in [2.45, 2.75) is 70.1 Å². The van der Waals surface area contributed by atoms with Crippen LogP contribution in [0.2, 0.25) is 5.02 Å². The first-order valence-corrected chi connectivity index (χ1v) is 10.1. The van der Waals surface area contributed by atoms with Gasteiger partial charge in [0.05, 0.1) is 17.5 Å². The lowest BCUT2D eigenvalue weighted by Gasteiger charge is -2.48. The van der Waals surface area contributed by atoms with Gasteiger partial charge in [0, 0.05) is 36.3 Å². The Hall–Kier alpha value is -0.970. The van der Waals surface area contributed by atoms with Gasteiger partial charge in [0.15, 0.2) is 0 Å². The van der Waals surface area contributed by atoms with E-state index in [1.165, 1.54) is 25.7 Å². The molecule has 1 aromatic rings. The molecule has 0 unspecified atom stereocenters. The van der Waals surface area contributed by atoms with Crippen LogP contribution in [0.15, 0.2) is 18.2 Å². The maximum atomic E-state index is 6.07. The Bertz CT molecular complexity index is 564. The summed E-state index contributed by atoms with van der Waals surface area (Å²) in [6, 6.07) is 6.19. The first-order valence-electron chi connectivity index (χ1n) is 9.68. The molecule has 1 heterocycles.